The molecule has 6 heteroatoms. The van der Waals surface area contributed by atoms with Crippen molar-refractivity contribution in [2.75, 3.05) is 25.3 Å². The molecule has 3 aliphatic rings. The summed E-state index contributed by atoms with van der Waals surface area (Å²) >= 11 is 0. The summed E-state index contributed by atoms with van der Waals surface area (Å²) in [5, 5.41) is 0. The summed E-state index contributed by atoms with van der Waals surface area (Å²) in [6, 6.07) is 13.9. The lowest BCUT2D eigenvalue weighted by Gasteiger charge is -2.48. The van der Waals surface area contributed by atoms with Crippen LogP contribution in [0.3, 0.4) is 0 Å². The van der Waals surface area contributed by atoms with Gasteiger partial charge in [0.2, 0.25) is 0 Å². The molecule has 0 bridgehead atoms. The molecule has 0 radical (unpaired) electrons. The number of halogens is 1. The Balaban J connectivity index is 1.40. The molecule has 1 saturated heterocycles. The van der Waals surface area contributed by atoms with Gasteiger partial charge in [-0.05, 0) is 43.2 Å². The van der Waals surface area contributed by atoms with Gasteiger partial charge in [0, 0.05) is 23.7 Å². The summed E-state index contributed by atoms with van der Waals surface area (Å²) in [5.41, 5.74) is 2.24. The summed E-state index contributed by atoms with van der Waals surface area (Å²) in [6.45, 7) is 1.17. The maximum atomic E-state index is 13.4. The van der Waals surface area contributed by atoms with Gasteiger partial charge in [-0.3, -0.25) is 4.79 Å². The summed E-state index contributed by atoms with van der Waals surface area (Å²) in [7, 11) is 1.60. The number of hydrogen-bond acceptors (Lipinski definition) is 5. The summed E-state index contributed by atoms with van der Waals surface area (Å²) < 4.78 is 31.0. The minimum atomic E-state index is -0.262. The van der Waals surface area contributed by atoms with Crippen molar-refractivity contribution in [3.05, 3.63) is 66.2 Å². The van der Waals surface area contributed by atoms with Crippen LogP contribution in [0.5, 0.6) is 5.75 Å². The number of carbonyl (C=O) groups is 1. The van der Waals surface area contributed by atoms with E-state index in [-0.39, 0.29) is 35.6 Å². The Morgan fingerprint density at radius 2 is 1.90 bits per heavy atom. The average molecular weight is 409 g/mol. The normalized spacial score (nSPS) is 28.1. The number of allylic oxidation sites excluding steroid dienone is 1. The lowest BCUT2D eigenvalue weighted by Crippen LogP contribution is -2.56. The lowest BCUT2D eigenvalue weighted by molar-refractivity contribution is -0.140. The second-order valence-electron chi connectivity index (χ2n) is 8.08. The summed E-state index contributed by atoms with van der Waals surface area (Å²) in [6.07, 6.45) is 3.01. The minimum Gasteiger partial charge on any atom is -0.496 e. The molecule has 4 atom stereocenters. The van der Waals surface area contributed by atoms with Gasteiger partial charge in [-0.15, -0.1) is 0 Å². The zero-order valence-electron chi connectivity index (χ0n) is 16.8. The van der Waals surface area contributed by atoms with E-state index in [2.05, 4.69) is 4.90 Å². The SMILES string of the molecule is COc1ccccc1C1=COC2C(CCC3OCN(c4ccc(F)cc4)CC32)C1=O. The summed E-state index contributed by atoms with van der Waals surface area (Å²) in [4.78, 5) is 15.5. The number of methoxy groups -OCH3 is 1. The van der Waals surface area contributed by atoms with E-state index in [0.29, 0.717) is 24.6 Å². The molecule has 0 amide bonds. The fraction of sp³-hybridized carbons (Fsp3) is 0.375. The number of rotatable bonds is 3. The number of ether oxygens (including phenoxy) is 3. The third-order valence-electron chi connectivity index (χ3n) is 6.47. The molecule has 2 aromatic carbocycles. The number of nitrogens with zero attached hydrogens (tertiary/aromatic N) is 1. The molecule has 30 heavy (non-hydrogen) atoms. The fourth-order valence-corrected chi connectivity index (χ4v) is 4.93. The Hall–Kier alpha value is -2.86. The number of para-hydroxylation sites is 1. The van der Waals surface area contributed by atoms with E-state index in [0.717, 1.165) is 24.1 Å². The van der Waals surface area contributed by atoms with Gasteiger partial charge in [0.15, 0.2) is 5.78 Å². The second-order valence-corrected chi connectivity index (χ2v) is 8.08. The molecule has 5 rings (SSSR count). The van der Waals surface area contributed by atoms with E-state index in [4.69, 9.17) is 14.2 Å². The van der Waals surface area contributed by atoms with E-state index in [1.165, 1.54) is 12.1 Å². The second kappa shape index (κ2) is 7.76. The number of fused-ring (bicyclic) bond motifs is 3. The fourth-order valence-electron chi connectivity index (χ4n) is 4.93. The first-order valence-electron chi connectivity index (χ1n) is 10.3. The number of anilines is 1. The lowest BCUT2D eigenvalue weighted by atomic mass is 9.71. The van der Waals surface area contributed by atoms with Crippen LogP contribution < -0.4 is 9.64 Å². The number of Topliss-reactive ketones (excluding diaryl/α,β-unsaturated/α-hetero) is 1. The van der Waals surface area contributed by atoms with Crippen molar-refractivity contribution >= 4 is 17.0 Å². The van der Waals surface area contributed by atoms with Crippen molar-refractivity contribution in [3.8, 4) is 5.75 Å². The summed E-state index contributed by atoms with van der Waals surface area (Å²) in [5.74, 6) is 0.377. The highest BCUT2D eigenvalue weighted by Gasteiger charge is 2.49. The predicted molar refractivity (Wildman–Crippen MR) is 111 cm³/mol. The molecule has 0 N–H and O–H groups in total. The highest BCUT2D eigenvalue weighted by molar-refractivity contribution is 6.22. The topological polar surface area (TPSA) is 48.0 Å². The maximum absolute atomic E-state index is 13.4. The Bertz CT molecular complexity index is 973. The van der Waals surface area contributed by atoms with E-state index in [1.807, 2.05) is 24.3 Å². The van der Waals surface area contributed by atoms with Crippen LogP contribution in [0.2, 0.25) is 0 Å². The standard InChI is InChI=1S/C24H24FNO4/c1-28-21-5-3-2-4-17(21)20-13-29-24-18(23(20)27)10-11-22-19(24)12-26(14-30-22)16-8-6-15(25)7-9-16/h2-9,13,18-19,22,24H,10-12,14H2,1H3. The molecule has 2 aromatic rings. The van der Waals surface area contributed by atoms with Crippen molar-refractivity contribution in [2.45, 2.75) is 25.0 Å². The molecule has 2 fully saturated rings. The maximum Gasteiger partial charge on any atom is 0.173 e. The van der Waals surface area contributed by atoms with Crippen LogP contribution in [0.4, 0.5) is 10.1 Å². The van der Waals surface area contributed by atoms with Crippen LogP contribution in [0.15, 0.2) is 54.8 Å². The van der Waals surface area contributed by atoms with E-state index in [1.54, 1.807) is 25.5 Å². The van der Waals surface area contributed by atoms with Crippen LogP contribution in [0.25, 0.3) is 5.57 Å². The van der Waals surface area contributed by atoms with Crippen molar-refractivity contribution in [2.24, 2.45) is 11.8 Å². The molecule has 156 valence electrons. The first-order chi connectivity index (χ1) is 14.7. The van der Waals surface area contributed by atoms with Gasteiger partial charge in [-0.2, -0.15) is 0 Å². The molecular formula is C24H24FNO4. The predicted octanol–water partition coefficient (Wildman–Crippen LogP) is 4.03. The van der Waals surface area contributed by atoms with Crippen LogP contribution in [0, 0.1) is 17.7 Å². The van der Waals surface area contributed by atoms with Crippen molar-refractivity contribution in [1.29, 1.82) is 0 Å². The van der Waals surface area contributed by atoms with Crippen molar-refractivity contribution < 1.29 is 23.4 Å². The van der Waals surface area contributed by atoms with E-state index >= 15 is 0 Å². The smallest absolute Gasteiger partial charge is 0.173 e. The number of hydrogen-bond donors (Lipinski definition) is 0. The van der Waals surface area contributed by atoms with Crippen LogP contribution >= 0.6 is 0 Å². The van der Waals surface area contributed by atoms with E-state index < -0.39 is 0 Å². The Kier molecular flexibility index (Phi) is 4.95. The molecule has 1 saturated carbocycles. The molecule has 2 aliphatic heterocycles. The Morgan fingerprint density at radius 3 is 2.70 bits per heavy atom. The van der Waals surface area contributed by atoms with Gasteiger partial charge in [0.25, 0.3) is 0 Å². The van der Waals surface area contributed by atoms with Gasteiger partial charge in [0.05, 0.1) is 31.0 Å². The number of carbonyl (C=O) groups excluding carboxylic acids is 1. The van der Waals surface area contributed by atoms with Gasteiger partial charge in [-0.25, -0.2) is 4.39 Å². The van der Waals surface area contributed by atoms with Crippen LogP contribution in [0.1, 0.15) is 18.4 Å². The third-order valence-corrected chi connectivity index (χ3v) is 6.47. The molecule has 1 aliphatic carbocycles. The monoisotopic (exact) mass is 409 g/mol. The quantitative estimate of drug-likeness (QED) is 0.766. The van der Waals surface area contributed by atoms with Crippen LogP contribution in [-0.2, 0) is 14.3 Å². The molecule has 4 unspecified atom stereocenters. The first-order valence-corrected chi connectivity index (χ1v) is 10.3. The molecule has 0 spiro atoms. The van der Waals surface area contributed by atoms with Crippen molar-refractivity contribution in [1.82, 2.24) is 0 Å². The molecular weight excluding hydrogens is 385 g/mol. The van der Waals surface area contributed by atoms with Gasteiger partial charge in [-0.1, -0.05) is 18.2 Å². The van der Waals surface area contributed by atoms with E-state index in [9.17, 15) is 9.18 Å². The first kappa shape index (κ1) is 19.1. The van der Waals surface area contributed by atoms with Crippen molar-refractivity contribution in [3.63, 3.8) is 0 Å². The zero-order valence-corrected chi connectivity index (χ0v) is 16.8. The van der Waals surface area contributed by atoms with Crippen LogP contribution in [-0.4, -0.2) is 38.4 Å². The number of benzene rings is 2. The molecule has 2 heterocycles. The largest absolute Gasteiger partial charge is 0.496 e. The zero-order chi connectivity index (χ0) is 20.7. The Morgan fingerprint density at radius 1 is 1.10 bits per heavy atom. The Labute approximate surface area is 175 Å². The molecule has 5 nitrogen and oxygen atoms in total. The third kappa shape index (κ3) is 3.25. The highest BCUT2D eigenvalue weighted by Crippen LogP contribution is 2.43. The van der Waals surface area contributed by atoms with Gasteiger partial charge in [0.1, 0.15) is 24.4 Å². The highest BCUT2D eigenvalue weighted by atomic mass is 19.1. The average Bonchev–Trinajstić information content (AvgIpc) is 2.79. The minimum absolute atomic E-state index is 0.0666. The number of ketones is 1. The van der Waals surface area contributed by atoms with Gasteiger partial charge < -0.3 is 19.1 Å². The van der Waals surface area contributed by atoms with Gasteiger partial charge >= 0.3 is 0 Å². The molecule has 0 aromatic heterocycles.